The maximum atomic E-state index is 12.3. The highest BCUT2D eigenvalue weighted by Gasteiger charge is 2.31. The largest absolute Gasteiger partial charge is 0.573 e. The Morgan fingerprint density at radius 2 is 1.55 bits per heavy atom. The maximum Gasteiger partial charge on any atom is 0.573 e. The molecule has 0 aliphatic carbocycles. The van der Waals surface area contributed by atoms with E-state index in [1.54, 1.807) is 52.0 Å². The van der Waals surface area contributed by atoms with Crippen LogP contribution in [0.25, 0.3) is 0 Å². The van der Waals surface area contributed by atoms with Crippen LogP contribution in [-0.4, -0.2) is 24.0 Å². The van der Waals surface area contributed by atoms with E-state index in [0.29, 0.717) is 11.3 Å². The van der Waals surface area contributed by atoms with Gasteiger partial charge in [-0.2, -0.15) is 0 Å². The molecule has 2 N–H and O–H groups in total. The van der Waals surface area contributed by atoms with Gasteiger partial charge in [-0.05, 0) is 63.1 Å². The number of amides is 2. The van der Waals surface area contributed by atoms with E-state index in [-0.39, 0.29) is 18.1 Å². The number of halogens is 3. The second kappa shape index (κ2) is 9.72. The van der Waals surface area contributed by atoms with Crippen molar-refractivity contribution >= 4 is 17.7 Å². The summed E-state index contributed by atoms with van der Waals surface area (Å²) in [5.41, 5.74) is 1.30. The molecule has 31 heavy (non-hydrogen) atoms. The van der Waals surface area contributed by atoms with Gasteiger partial charge in [0.2, 0.25) is 5.91 Å². The number of carbonyl (C=O) groups is 2. The zero-order valence-electron chi connectivity index (χ0n) is 17.7. The van der Waals surface area contributed by atoms with Crippen LogP contribution in [0.1, 0.15) is 44.9 Å². The number of alkyl halides is 3. The first-order valence-corrected chi connectivity index (χ1v) is 9.55. The molecule has 168 valence electrons. The molecule has 2 amide bonds. The molecule has 0 aliphatic heterocycles. The van der Waals surface area contributed by atoms with E-state index in [9.17, 15) is 22.8 Å². The van der Waals surface area contributed by atoms with E-state index in [2.05, 4.69) is 15.4 Å². The first-order valence-electron chi connectivity index (χ1n) is 9.55. The molecule has 9 heteroatoms. The predicted octanol–water partition coefficient (Wildman–Crippen LogP) is 5.35. The quantitative estimate of drug-likeness (QED) is 0.637. The highest BCUT2D eigenvalue weighted by molar-refractivity contribution is 5.85. The van der Waals surface area contributed by atoms with Crippen LogP contribution in [0.5, 0.6) is 5.75 Å². The van der Waals surface area contributed by atoms with Crippen molar-refractivity contribution in [3.8, 4) is 5.75 Å². The Kier molecular flexibility index (Phi) is 7.54. The summed E-state index contributed by atoms with van der Waals surface area (Å²) in [5, 5.41) is 5.40. The zero-order valence-corrected chi connectivity index (χ0v) is 17.7. The maximum absolute atomic E-state index is 12.3. The van der Waals surface area contributed by atoms with Crippen molar-refractivity contribution < 1.29 is 32.2 Å². The summed E-state index contributed by atoms with van der Waals surface area (Å²) in [6.45, 7) is 7.02. The van der Waals surface area contributed by atoms with Gasteiger partial charge in [-0.1, -0.05) is 24.3 Å². The third kappa shape index (κ3) is 8.98. The van der Waals surface area contributed by atoms with Crippen LogP contribution in [0.2, 0.25) is 0 Å². The highest BCUT2D eigenvalue weighted by atomic mass is 19.4. The van der Waals surface area contributed by atoms with E-state index >= 15 is 0 Å². The van der Waals surface area contributed by atoms with E-state index in [4.69, 9.17) is 4.74 Å². The number of hydrogen-bond acceptors (Lipinski definition) is 4. The number of rotatable bonds is 6. The summed E-state index contributed by atoms with van der Waals surface area (Å²) in [4.78, 5) is 24.1. The molecule has 2 rings (SSSR count). The fourth-order valence-electron chi connectivity index (χ4n) is 2.65. The van der Waals surface area contributed by atoms with Crippen LogP contribution in [-0.2, 0) is 16.0 Å². The minimum absolute atomic E-state index is 0.103. The van der Waals surface area contributed by atoms with Crippen LogP contribution in [0.15, 0.2) is 48.5 Å². The second-order valence-electron chi connectivity index (χ2n) is 7.91. The van der Waals surface area contributed by atoms with Gasteiger partial charge in [-0.3, -0.25) is 10.1 Å². The summed E-state index contributed by atoms with van der Waals surface area (Å²) in [6.07, 6.45) is -5.22. The topological polar surface area (TPSA) is 76.7 Å². The van der Waals surface area contributed by atoms with Crippen molar-refractivity contribution in [1.29, 1.82) is 0 Å². The third-order valence-corrected chi connectivity index (χ3v) is 3.96. The van der Waals surface area contributed by atoms with Gasteiger partial charge in [0.1, 0.15) is 11.4 Å². The number of benzene rings is 2. The first-order chi connectivity index (χ1) is 14.3. The zero-order chi connectivity index (χ0) is 23.2. The fourth-order valence-corrected chi connectivity index (χ4v) is 2.65. The smallest absolute Gasteiger partial charge is 0.444 e. The lowest BCUT2D eigenvalue weighted by Crippen LogP contribution is -2.28. The van der Waals surface area contributed by atoms with Crippen molar-refractivity contribution in [2.24, 2.45) is 0 Å². The van der Waals surface area contributed by atoms with Crippen molar-refractivity contribution in [2.75, 3.05) is 5.32 Å². The van der Waals surface area contributed by atoms with Gasteiger partial charge in [-0.25, -0.2) is 4.79 Å². The molecular weight excluding hydrogens is 413 g/mol. The molecule has 0 bridgehead atoms. The summed E-state index contributed by atoms with van der Waals surface area (Å²) < 4.78 is 45.7. The lowest BCUT2D eigenvalue weighted by molar-refractivity contribution is -0.274. The van der Waals surface area contributed by atoms with Gasteiger partial charge >= 0.3 is 12.5 Å². The van der Waals surface area contributed by atoms with E-state index in [0.717, 1.165) is 5.56 Å². The summed E-state index contributed by atoms with van der Waals surface area (Å²) in [5.74, 6) is -0.578. The van der Waals surface area contributed by atoms with Gasteiger partial charge < -0.3 is 14.8 Å². The average molecular weight is 438 g/mol. The van der Waals surface area contributed by atoms with Crippen molar-refractivity contribution in [3.05, 3.63) is 59.7 Å². The molecule has 1 atom stereocenters. The molecule has 2 aromatic rings. The Hall–Kier alpha value is -3.23. The Morgan fingerprint density at radius 1 is 0.968 bits per heavy atom. The van der Waals surface area contributed by atoms with Crippen LogP contribution in [0.3, 0.4) is 0 Å². The molecule has 0 saturated heterocycles. The molecule has 0 radical (unpaired) electrons. The monoisotopic (exact) mass is 438 g/mol. The number of ether oxygens (including phenoxy) is 2. The Bertz CT molecular complexity index is 889. The Labute approximate surface area is 178 Å². The van der Waals surface area contributed by atoms with Gasteiger partial charge in [0.25, 0.3) is 0 Å². The van der Waals surface area contributed by atoms with E-state index < -0.39 is 24.1 Å². The number of hydrogen-bond donors (Lipinski definition) is 2. The van der Waals surface area contributed by atoms with Crippen LogP contribution < -0.4 is 15.4 Å². The van der Waals surface area contributed by atoms with E-state index in [1.165, 1.54) is 24.3 Å². The molecule has 6 nitrogen and oxygen atoms in total. The minimum Gasteiger partial charge on any atom is -0.444 e. The third-order valence-electron chi connectivity index (χ3n) is 3.96. The Balaban J connectivity index is 1.87. The second-order valence-corrected chi connectivity index (χ2v) is 7.91. The molecule has 0 heterocycles. The van der Waals surface area contributed by atoms with Crippen molar-refractivity contribution in [1.82, 2.24) is 5.32 Å². The van der Waals surface area contributed by atoms with Gasteiger partial charge in [0.15, 0.2) is 0 Å². The molecule has 0 aliphatic rings. The molecular formula is C22H25F3N2O4. The van der Waals surface area contributed by atoms with Gasteiger partial charge in [0, 0.05) is 5.69 Å². The molecule has 0 spiro atoms. The highest BCUT2D eigenvalue weighted by Crippen LogP contribution is 2.24. The number of anilines is 1. The molecule has 0 fully saturated rings. The lowest BCUT2D eigenvalue weighted by Gasteiger charge is -2.19. The standard InChI is InChI=1S/C22H25F3N2O4/c1-14(16-7-11-18(12-8-16)30-22(23,24)25)26-19(28)13-15-5-9-17(10-6-15)27-20(29)31-21(2,3)4/h5-12,14H,13H2,1-4H3,(H,26,28)(H,27,29). The first kappa shape index (κ1) is 24.0. The van der Waals surface area contributed by atoms with E-state index in [1.807, 2.05) is 0 Å². The van der Waals surface area contributed by atoms with Crippen molar-refractivity contribution in [2.45, 2.75) is 52.1 Å². The molecule has 0 saturated carbocycles. The predicted molar refractivity (Wildman–Crippen MR) is 110 cm³/mol. The minimum atomic E-state index is -4.75. The number of carbonyl (C=O) groups excluding carboxylic acids is 2. The molecule has 0 aromatic heterocycles. The molecule has 2 aromatic carbocycles. The lowest BCUT2D eigenvalue weighted by atomic mass is 10.1. The fraction of sp³-hybridized carbons (Fsp3) is 0.364. The number of nitrogens with one attached hydrogen (secondary N) is 2. The molecule has 1 unspecified atom stereocenters. The van der Waals surface area contributed by atoms with Gasteiger partial charge in [0.05, 0.1) is 12.5 Å². The van der Waals surface area contributed by atoms with Crippen LogP contribution in [0.4, 0.5) is 23.7 Å². The summed E-state index contributed by atoms with van der Waals surface area (Å²) in [6, 6.07) is 11.7. The van der Waals surface area contributed by atoms with Crippen LogP contribution >= 0.6 is 0 Å². The summed E-state index contributed by atoms with van der Waals surface area (Å²) >= 11 is 0. The summed E-state index contributed by atoms with van der Waals surface area (Å²) in [7, 11) is 0. The normalized spacial score (nSPS) is 12.6. The van der Waals surface area contributed by atoms with Crippen LogP contribution in [0, 0.1) is 0 Å². The van der Waals surface area contributed by atoms with Crippen molar-refractivity contribution in [3.63, 3.8) is 0 Å². The van der Waals surface area contributed by atoms with Gasteiger partial charge in [-0.15, -0.1) is 13.2 Å². The SMILES string of the molecule is CC(NC(=O)Cc1ccc(NC(=O)OC(C)(C)C)cc1)c1ccc(OC(F)(F)F)cc1. The average Bonchev–Trinajstić information content (AvgIpc) is 2.61. The Morgan fingerprint density at radius 3 is 2.06 bits per heavy atom.